The van der Waals surface area contributed by atoms with Gasteiger partial charge in [-0.1, -0.05) is 22.9 Å². The maximum absolute atomic E-state index is 5.87. The average molecular weight is 260 g/mol. The van der Waals surface area contributed by atoms with Crippen molar-refractivity contribution < 1.29 is 0 Å². The van der Waals surface area contributed by atoms with E-state index in [1.807, 2.05) is 19.2 Å². The van der Waals surface area contributed by atoms with Gasteiger partial charge in [0.15, 0.2) is 5.01 Å². The lowest BCUT2D eigenvalue weighted by Gasteiger charge is -1.91. The summed E-state index contributed by atoms with van der Waals surface area (Å²) >= 11 is 9.03. The number of halogens is 1. The van der Waals surface area contributed by atoms with Crippen LogP contribution in [-0.2, 0) is 6.42 Å². The summed E-state index contributed by atoms with van der Waals surface area (Å²) in [5, 5.41) is 13.4. The number of nitrogens with zero attached hydrogens (tertiary/aromatic N) is 2. The molecule has 2 aromatic rings. The van der Waals surface area contributed by atoms with Gasteiger partial charge in [-0.15, -0.1) is 21.5 Å². The van der Waals surface area contributed by atoms with Crippen LogP contribution in [0.4, 0.5) is 0 Å². The second-order valence-electron chi connectivity index (χ2n) is 2.96. The van der Waals surface area contributed by atoms with Crippen LogP contribution in [0.25, 0.3) is 9.88 Å². The molecule has 1 N–H and O–H groups in total. The SMILES string of the molecule is CNCCc1nnc(-c2ccc(Cl)s2)s1. The minimum atomic E-state index is 0.789. The van der Waals surface area contributed by atoms with Gasteiger partial charge in [-0.2, -0.15) is 0 Å². The van der Waals surface area contributed by atoms with Gasteiger partial charge in [0.25, 0.3) is 0 Å². The number of thiophene rings is 1. The van der Waals surface area contributed by atoms with Crippen LogP contribution in [0.15, 0.2) is 12.1 Å². The van der Waals surface area contributed by atoms with Crippen LogP contribution in [0.3, 0.4) is 0 Å². The highest BCUT2D eigenvalue weighted by Crippen LogP contribution is 2.32. The van der Waals surface area contributed by atoms with Crippen molar-refractivity contribution in [2.24, 2.45) is 0 Å². The molecule has 0 amide bonds. The molecule has 0 aromatic carbocycles. The Kier molecular flexibility index (Phi) is 3.69. The molecule has 2 heterocycles. The Bertz CT molecular complexity index is 438. The highest BCUT2D eigenvalue weighted by molar-refractivity contribution is 7.23. The van der Waals surface area contributed by atoms with Crippen LogP contribution >= 0.6 is 34.3 Å². The number of rotatable bonds is 4. The van der Waals surface area contributed by atoms with Crippen molar-refractivity contribution in [2.75, 3.05) is 13.6 Å². The summed E-state index contributed by atoms with van der Waals surface area (Å²) in [6.45, 7) is 0.930. The summed E-state index contributed by atoms with van der Waals surface area (Å²) in [6, 6.07) is 3.87. The number of hydrogen-bond acceptors (Lipinski definition) is 5. The predicted molar refractivity (Wildman–Crippen MR) is 65.9 cm³/mol. The van der Waals surface area contributed by atoms with Gasteiger partial charge in [-0.25, -0.2) is 0 Å². The molecule has 80 valence electrons. The standard InChI is InChI=1S/C9H10ClN3S2/c1-11-5-4-8-12-13-9(15-8)6-2-3-7(10)14-6/h2-3,11H,4-5H2,1H3. The second kappa shape index (κ2) is 5.03. The van der Waals surface area contributed by atoms with E-state index in [0.717, 1.165) is 32.2 Å². The molecular weight excluding hydrogens is 250 g/mol. The Morgan fingerprint density at radius 1 is 1.33 bits per heavy atom. The van der Waals surface area contributed by atoms with E-state index in [-0.39, 0.29) is 0 Å². The predicted octanol–water partition coefficient (Wildman–Crippen LogP) is 2.68. The molecule has 0 radical (unpaired) electrons. The number of likely N-dealkylation sites (N-methyl/N-ethyl adjacent to an activating group) is 1. The van der Waals surface area contributed by atoms with E-state index in [4.69, 9.17) is 11.6 Å². The van der Waals surface area contributed by atoms with E-state index in [1.165, 1.54) is 11.3 Å². The fourth-order valence-corrected chi connectivity index (χ4v) is 3.05. The first-order valence-electron chi connectivity index (χ1n) is 4.52. The number of aromatic nitrogens is 2. The van der Waals surface area contributed by atoms with Crippen molar-refractivity contribution in [3.8, 4) is 9.88 Å². The van der Waals surface area contributed by atoms with Gasteiger partial charge in [0.2, 0.25) is 0 Å². The third kappa shape index (κ3) is 2.75. The number of hydrogen-bond donors (Lipinski definition) is 1. The molecule has 0 aliphatic heterocycles. The molecule has 15 heavy (non-hydrogen) atoms. The summed E-state index contributed by atoms with van der Waals surface area (Å²) in [5.74, 6) is 0. The summed E-state index contributed by atoms with van der Waals surface area (Å²) in [5.41, 5.74) is 0. The Morgan fingerprint density at radius 2 is 2.20 bits per heavy atom. The molecule has 0 unspecified atom stereocenters. The molecular formula is C9H10ClN3S2. The first-order valence-corrected chi connectivity index (χ1v) is 6.53. The van der Waals surface area contributed by atoms with E-state index < -0.39 is 0 Å². The van der Waals surface area contributed by atoms with Crippen molar-refractivity contribution in [3.63, 3.8) is 0 Å². The molecule has 2 rings (SSSR count). The molecule has 0 saturated heterocycles. The van der Waals surface area contributed by atoms with E-state index >= 15 is 0 Å². The molecule has 0 atom stereocenters. The van der Waals surface area contributed by atoms with Crippen molar-refractivity contribution in [1.29, 1.82) is 0 Å². The zero-order valence-electron chi connectivity index (χ0n) is 8.16. The van der Waals surface area contributed by atoms with Gasteiger partial charge < -0.3 is 5.32 Å². The topological polar surface area (TPSA) is 37.8 Å². The van der Waals surface area contributed by atoms with Gasteiger partial charge in [0.1, 0.15) is 5.01 Å². The maximum atomic E-state index is 5.87. The average Bonchev–Trinajstić information content (AvgIpc) is 2.83. The quantitative estimate of drug-likeness (QED) is 0.918. The first kappa shape index (κ1) is 11.0. The van der Waals surface area contributed by atoms with Crippen LogP contribution in [0, 0.1) is 0 Å². The highest BCUT2D eigenvalue weighted by Gasteiger charge is 2.08. The number of nitrogens with one attached hydrogen (secondary N) is 1. The Hall–Kier alpha value is -0.490. The lowest BCUT2D eigenvalue weighted by molar-refractivity contribution is 0.779. The summed E-state index contributed by atoms with van der Waals surface area (Å²) in [4.78, 5) is 1.09. The van der Waals surface area contributed by atoms with Crippen LogP contribution < -0.4 is 5.32 Å². The molecule has 3 nitrogen and oxygen atoms in total. The van der Waals surface area contributed by atoms with E-state index in [0.29, 0.717) is 0 Å². The van der Waals surface area contributed by atoms with Gasteiger partial charge in [0, 0.05) is 13.0 Å². The fourth-order valence-electron chi connectivity index (χ4n) is 1.12. The summed E-state index contributed by atoms with van der Waals surface area (Å²) in [7, 11) is 1.93. The molecule has 0 aliphatic rings. The Labute approximate surface area is 101 Å². The van der Waals surface area contributed by atoms with Gasteiger partial charge in [-0.05, 0) is 19.2 Å². The van der Waals surface area contributed by atoms with Gasteiger partial charge in [0.05, 0.1) is 9.21 Å². The smallest absolute Gasteiger partial charge is 0.157 e. The third-order valence-corrected chi connectivity index (χ3v) is 4.22. The minimum absolute atomic E-state index is 0.789. The normalized spacial score (nSPS) is 10.8. The minimum Gasteiger partial charge on any atom is -0.319 e. The van der Waals surface area contributed by atoms with Gasteiger partial charge in [-0.3, -0.25) is 0 Å². The first-order chi connectivity index (χ1) is 7.29. The van der Waals surface area contributed by atoms with E-state index in [2.05, 4.69) is 15.5 Å². The lowest BCUT2D eigenvalue weighted by Crippen LogP contribution is -2.09. The van der Waals surface area contributed by atoms with E-state index in [1.54, 1.807) is 11.3 Å². The Morgan fingerprint density at radius 3 is 2.87 bits per heavy atom. The van der Waals surface area contributed by atoms with Crippen molar-refractivity contribution in [1.82, 2.24) is 15.5 Å². The molecule has 0 fully saturated rings. The van der Waals surface area contributed by atoms with Crippen molar-refractivity contribution in [3.05, 3.63) is 21.5 Å². The van der Waals surface area contributed by atoms with Crippen molar-refractivity contribution in [2.45, 2.75) is 6.42 Å². The van der Waals surface area contributed by atoms with Gasteiger partial charge >= 0.3 is 0 Å². The molecule has 0 saturated carbocycles. The largest absolute Gasteiger partial charge is 0.319 e. The molecule has 0 aliphatic carbocycles. The highest BCUT2D eigenvalue weighted by atomic mass is 35.5. The molecule has 0 bridgehead atoms. The third-order valence-electron chi connectivity index (χ3n) is 1.84. The molecule has 0 spiro atoms. The van der Waals surface area contributed by atoms with Crippen molar-refractivity contribution >= 4 is 34.3 Å². The Balaban J connectivity index is 2.13. The summed E-state index contributed by atoms with van der Waals surface area (Å²) < 4.78 is 0.789. The van der Waals surface area contributed by atoms with Crippen LogP contribution in [0.1, 0.15) is 5.01 Å². The lowest BCUT2D eigenvalue weighted by atomic mass is 10.4. The summed E-state index contributed by atoms with van der Waals surface area (Å²) in [6.07, 6.45) is 0.924. The zero-order valence-corrected chi connectivity index (χ0v) is 10.5. The molecule has 2 aromatic heterocycles. The molecule has 6 heteroatoms. The maximum Gasteiger partial charge on any atom is 0.157 e. The van der Waals surface area contributed by atoms with Crippen LogP contribution in [0.5, 0.6) is 0 Å². The fraction of sp³-hybridized carbons (Fsp3) is 0.333. The second-order valence-corrected chi connectivity index (χ2v) is 5.74. The van der Waals surface area contributed by atoms with E-state index in [9.17, 15) is 0 Å². The zero-order chi connectivity index (χ0) is 10.7. The van der Waals surface area contributed by atoms with Crippen LogP contribution in [0.2, 0.25) is 4.34 Å². The van der Waals surface area contributed by atoms with Crippen LogP contribution in [-0.4, -0.2) is 23.8 Å². The monoisotopic (exact) mass is 259 g/mol.